The van der Waals surface area contributed by atoms with Crippen molar-refractivity contribution in [2.75, 3.05) is 18.6 Å². The molecule has 0 radical (unpaired) electrons. The van der Waals surface area contributed by atoms with Crippen LogP contribution in [0.5, 0.6) is 0 Å². The number of β-lactam (4-membered cyclic amide) rings is 1. The minimum absolute atomic E-state index is 0.0184. The number of carboxylic acids is 1. The summed E-state index contributed by atoms with van der Waals surface area (Å²) in [7, 11) is 1.24. The van der Waals surface area contributed by atoms with E-state index >= 15 is 0 Å². The Hall–Kier alpha value is -4.33. The number of thioether (sulfide) groups is 1. The quantitative estimate of drug-likeness (QED) is 0.173. The molecule has 0 spiro atoms. The molecule has 0 saturated carbocycles. The highest BCUT2D eigenvalue weighted by molar-refractivity contribution is 8.00. The highest BCUT2D eigenvalue weighted by atomic mass is 32.2. The molecule has 1 unspecified atom stereocenters. The average molecular weight is 498 g/mol. The van der Waals surface area contributed by atoms with Crippen molar-refractivity contribution in [2.45, 2.75) is 18.0 Å². The zero-order valence-electron chi connectivity index (χ0n) is 18.2. The number of aliphatic carboxylic acids is 1. The van der Waals surface area contributed by atoms with Crippen molar-refractivity contribution in [3.05, 3.63) is 53.7 Å². The van der Waals surface area contributed by atoms with Gasteiger partial charge in [-0.3, -0.25) is 14.5 Å². The lowest BCUT2D eigenvalue weighted by Gasteiger charge is -2.50. The van der Waals surface area contributed by atoms with Gasteiger partial charge in [0.2, 0.25) is 5.88 Å². The lowest BCUT2D eigenvalue weighted by molar-refractivity contribution is -0.663. The second kappa shape index (κ2) is 8.79. The van der Waals surface area contributed by atoms with Gasteiger partial charge in [-0.05, 0) is 6.07 Å². The van der Waals surface area contributed by atoms with Crippen LogP contribution in [0.25, 0.3) is 11.1 Å². The van der Waals surface area contributed by atoms with Crippen molar-refractivity contribution < 1.29 is 37.8 Å². The molecular weight excluding hydrogens is 480 g/mol. The number of carbonyl (C=O) groups excluding carboxylic acids is 3. The highest BCUT2D eigenvalue weighted by Gasteiger charge is 2.53. The number of aromatic nitrogens is 2. The molecule has 3 aromatic heterocycles. The van der Waals surface area contributed by atoms with E-state index in [1.807, 2.05) is 4.57 Å². The number of anilines is 1. The molecule has 5 rings (SSSR count). The number of pyridine rings is 1. The van der Waals surface area contributed by atoms with Crippen molar-refractivity contribution in [3.63, 3.8) is 0 Å². The Labute approximate surface area is 201 Å². The number of furan rings is 1. The fourth-order valence-electron chi connectivity index (χ4n) is 4.03. The van der Waals surface area contributed by atoms with Gasteiger partial charge >= 0.3 is 0 Å². The van der Waals surface area contributed by atoms with E-state index in [1.54, 1.807) is 30.7 Å². The summed E-state index contributed by atoms with van der Waals surface area (Å²) in [5.74, 6) is -2.54. The molecule has 2 aliphatic heterocycles. The number of amides is 2. The van der Waals surface area contributed by atoms with Crippen LogP contribution in [0.15, 0.2) is 62.1 Å². The van der Waals surface area contributed by atoms with E-state index in [1.165, 1.54) is 24.9 Å². The maximum absolute atomic E-state index is 13.0. The topological polar surface area (TPSA) is 180 Å². The maximum Gasteiger partial charge on any atom is 0.276 e. The van der Waals surface area contributed by atoms with Gasteiger partial charge in [0.15, 0.2) is 24.0 Å². The van der Waals surface area contributed by atoms with Gasteiger partial charge in [-0.1, -0.05) is 10.3 Å². The molecule has 2 aliphatic rings. The Morgan fingerprint density at radius 3 is 3.00 bits per heavy atom. The summed E-state index contributed by atoms with van der Waals surface area (Å²) in [6.07, 6.45) is 3.34. The van der Waals surface area contributed by atoms with Gasteiger partial charge in [-0.15, -0.1) is 11.8 Å². The van der Waals surface area contributed by atoms with E-state index in [0.29, 0.717) is 16.9 Å². The van der Waals surface area contributed by atoms with Gasteiger partial charge < -0.3 is 34.7 Å². The summed E-state index contributed by atoms with van der Waals surface area (Å²) in [4.78, 5) is 43.7. The van der Waals surface area contributed by atoms with Crippen LogP contribution in [-0.2, 0) is 25.8 Å². The van der Waals surface area contributed by atoms with Crippen LogP contribution >= 0.6 is 11.8 Å². The van der Waals surface area contributed by atoms with Crippen molar-refractivity contribution in [3.8, 4) is 0 Å². The number of nitrogen functional groups attached to an aromatic ring is 1. The number of nitrogens with one attached hydrogen (secondary N) is 1. The molecule has 0 aromatic carbocycles. The Balaban J connectivity index is 1.38. The molecule has 5 heterocycles. The van der Waals surface area contributed by atoms with E-state index < -0.39 is 29.2 Å². The van der Waals surface area contributed by atoms with Crippen LogP contribution in [0.3, 0.4) is 0 Å². The molecule has 0 bridgehead atoms. The van der Waals surface area contributed by atoms with E-state index in [4.69, 9.17) is 19.5 Å². The van der Waals surface area contributed by atoms with Crippen LogP contribution < -0.4 is 20.7 Å². The molecule has 3 aromatic rings. The van der Waals surface area contributed by atoms with Gasteiger partial charge in [-0.25, -0.2) is 0 Å². The predicted octanol–water partition coefficient (Wildman–Crippen LogP) is -1.25. The number of rotatable bonds is 7. The number of carboxylic acid groups (broad SMARTS) is 1. The number of carbonyl (C=O) groups is 3. The highest BCUT2D eigenvalue weighted by Crippen LogP contribution is 2.40. The van der Waals surface area contributed by atoms with E-state index in [2.05, 4.69) is 15.6 Å². The summed E-state index contributed by atoms with van der Waals surface area (Å²) >= 11 is 1.33. The van der Waals surface area contributed by atoms with Crippen molar-refractivity contribution in [2.24, 2.45) is 5.16 Å². The Bertz CT molecular complexity index is 1410. The van der Waals surface area contributed by atoms with E-state index in [-0.39, 0.29) is 29.5 Å². The predicted molar refractivity (Wildman–Crippen MR) is 118 cm³/mol. The normalized spacial score (nSPS) is 20.0. The summed E-state index contributed by atoms with van der Waals surface area (Å²) in [6, 6.07) is 5.65. The van der Waals surface area contributed by atoms with Crippen LogP contribution in [-0.4, -0.2) is 57.8 Å². The molecular formula is C21H18N6O7S. The largest absolute Gasteiger partial charge is 0.543 e. The lowest BCUT2D eigenvalue weighted by Crippen LogP contribution is -2.71. The monoisotopic (exact) mass is 498 g/mol. The SMILES string of the molecule is CO/N=C(\C(=O)NC1C(=O)N2C(C(=O)[O-])=C(C[n+]3cccc4occc43)CS[C@H]12)c1cc(N)on1. The number of hydrogen-bond acceptors (Lipinski definition) is 11. The molecule has 0 aliphatic carbocycles. The van der Waals surface area contributed by atoms with Crippen molar-refractivity contribution >= 4 is 52.2 Å². The second-order valence-electron chi connectivity index (χ2n) is 7.64. The van der Waals surface area contributed by atoms with Gasteiger partial charge in [0.25, 0.3) is 17.3 Å². The van der Waals surface area contributed by atoms with Crippen LogP contribution in [0.4, 0.5) is 5.88 Å². The number of oxime groups is 1. The summed E-state index contributed by atoms with van der Waals surface area (Å²) in [5.41, 5.74) is 7.00. The Kier molecular flexibility index (Phi) is 5.64. The minimum atomic E-state index is -1.47. The summed E-state index contributed by atoms with van der Waals surface area (Å²) in [5, 5.41) is 21.3. The zero-order chi connectivity index (χ0) is 24.7. The first-order chi connectivity index (χ1) is 16.9. The van der Waals surface area contributed by atoms with Gasteiger partial charge in [0.05, 0.1) is 17.9 Å². The third kappa shape index (κ3) is 3.86. The molecule has 35 heavy (non-hydrogen) atoms. The first-order valence-corrected chi connectivity index (χ1v) is 11.3. The maximum atomic E-state index is 13.0. The van der Waals surface area contributed by atoms with Gasteiger partial charge in [0, 0.05) is 29.5 Å². The van der Waals surface area contributed by atoms with Crippen LogP contribution in [0, 0.1) is 0 Å². The molecule has 14 heteroatoms. The molecule has 180 valence electrons. The number of hydrogen-bond donors (Lipinski definition) is 2. The standard InChI is InChI=1S/C21H18N6O7S/c1-32-25-15(11-7-14(22)34-24-11)18(28)23-16-19(29)27-17(21(30)31)10(9-35-20(16)27)8-26-5-2-3-13-12(26)4-6-33-13/h2-7,16,20H,8-9H2,1H3,(H3-,22,23,24,28,30,31)/b25-15-/t16?,20-/m1/s1. The van der Waals surface area contributed by atoms with E-state index in [0.717, 1.165) is 10.4 Å². The van der Waals surface area contributed by atoms with Crippen molar-refractivity contribution in [1.29, 1.82) is 0 Å². The number of fused-ring (bicyclic) bond motifs is 2. The number of nitrogens with two attached hydrogens (primary N) is 1. The summed E-state index contributed by atoms with van der Waals surface area (Å²) < 4.78 is 12.0. The smallest absolute Gasteiger partial charge is 0.276 e. The summed E-state index contributed by atoms with van der Waals surface area (Å²) in [6.45, 7) is 0.221. The van der Waals surface area contributed by atoms with Crippen LogP contribution in [0.2, 0.25) is 0 Å². The molecule has 1 saturated heterocycles. The van der Waals surface area contributed by atoms with E-state index in [9.17, 15) is 19.5 Å². The number of nitrogens with zero attached hydrogens (tertiary/aromatic N) is 4. The first kappa shape index (κ1) is 22.5. The first-order valence-electron chi connectivity index (χ1n) is 10.3. The van der Waals surface area contributed by atoms with Crippen LogP contribution in [0.1, 0.15) is 5.69 Å². The minimum Gasteiger partial charge on any atom is -0.543 e. The third-order valence-electron chi connectivity index (χ3n) is 5.55. The fraction of sp³-hybridized carbons (Fsp3) is 0.238. The van der Waals surface area contributed by atoms with Crippen molar-refractivity contribution in [1.82, 2.24) is 15.4 Å². The average Bonchev–Trinajstić information content (AvgIpc) is 3.49. The Morgan fingerprint density at radius 1 is 1.46 bits per heavy atom. The zero-order valence-corrected chi connectivity index (χ0v) is 19.0. The Morgan fingerprint density at radius 2 is 2.29 bits per heavy atom. The van der Waals surface area contributed by atoms with Gasteiger partial charge in [0.1, 0.15) is 24.2 Å². The molecule has 2 atom stereocenters. The van der Waals surface area contributed by atoms with Gasteiger partial charge in [-0.2, -0.15) is 4.57 Å². The molecule has 1 fully saturated rings. The molecule has 2 amide bonds. The molecule has 13 nitrogen and oxygen atoms in total. The lowest BCUT2D eigenvalue weighted by atomic mass is 10.0. The second-order valence-corrected chi connectivity index (χ2v) is 8.75. The fourth-order valence-corrected chi connectivity index (χ4v) is 5.37. The molecule has 3 N–H and O–H groups in total. The third-order valence-corrected chi connectivity index (χ3v) is 6.89.